The summed E-state index contributed by atoms with van der Waals surface area (Å²) in [4.78, 5) is 19.3. The maximum atomic E-state index is 12.9. The number of hydrogen-bond acceptors (Lipinski definition) is 4. The normalized spacial score (nSPS) is 19.0. The number of carbonyl (C=O) groups is 1. The van der Waals surface area contributed by atoms with Crippen molar-refractivity contribution in [1.29, 1.82) is 0 Å². The van der Waals surface area contributed by atoms with Crippen molar-refractivity contribution in [3.8, 4) is 11.3 Å². The van der Waals surface area contributed by atoms with Crippen LogP contribution in [0.4, 0.5) is 4.79 Å². The molecule has 2 aromatic heterocycles. The molecule has 2 fully saturated rings. The number of pyridine rings is 1. The molecule has 51 heavy (non-hydrogen) atoms. The van der Waals surface area contributed by atoms with Crippen molar-refractivity contribution < 1.29 is 9.53 Å². The van der Waals surface area contributed by atoms with E-state index in [1.54, 1.807) is 0 Å². The van der Waals surface area contributed by atoms with Crippen LogP contribution in [-0.2, 0) is 10.3 Å². The molecule has 4 aromatic carbocycles. The number of nitrogens with zero attached hydrogens (tertiary/aromatic N) is 4. The molecule has 0 radical (unpaired) electrons. The minimum Gasteiger partial charge on any atom is -0.444 e. The van der Waals surface area contributed by atoms with Gasteiger partial charge < -0.3 is 9.64 Å². The highest BCUT2D eigenvalue weighted by atomic mass is 35.5. The van der Waals surface area contributed by atoms with Crippen LogP contribution in [0.3, 0.4) is 0 Å². The van der Waals surface area contributed by atoms with Gasteiger partial charge in [0.05, 0.1) is 5.52 Å². The lowest BCUT2D eigenvalue weighted by atomic mass is 9.77. The molecular weight excluding hydrogens is 652 g/mol. The van der Waals surface area contributed by atoms with E-state index in [0.717, 1.165) is 81.1 Å². The largest absolute Gasteiger partial charge is 0.444 e. The minimum absolute atomic E-state index is 0.212. The standard InChI is InChI=1S/C44H43ClN4O2/c1-29-22-30(20-21-46-29)41-38-25-37(31-23-32-27-48(28-33(32)24-31)42(50)51-43(2,3)4)39(45)26-40(38)49(47-41)44(34-14-8-5-9-15-34,35-16-10-6-11-17-35)36-18-12-7-13-19-36/h5-22,25-26,31-33H,23-24,27-28H2,1-4H3/t31?,32-,33+. The number of carbonyl (C=O) groups excluding carboxylic acids is 1. The summed E-state index contributed by atoms with van der Waals surface area (Å²) >= 11 is 7.40. The number of benzene rings is 4. The summed E-state index contributed by atoms with van der Waals surface area (Å²) in [5, 5.41) is 7.40. The number of ether oxygens (including phenoxy) is 1. The Balaban J connectivity index is 1.30. The van der Waals surface area contributed by atoms with Crippen molar-refractivity contribution in [1.82, 2.24) is 19.7 Å². The van der Waals surface area contributed by atoms with Crippen LogP contribution in [0.15, 0.2) is 121 Å². The molecule has 0 spiro atoms. The number of aryl methyl sites for hydroxylation is 1. The first kappa shape index (κ1) is 33.2. The molecule has 1 saturated heterocycles. The van der Waals surface area contributed by atoms with Crippen molar-refractivity contribution in [2.24, 2.45) is 11.8 Å². The fourth-order valence-electron chi connectivity index (χ4n) is 8.56. The monoisotopic (exact) mass is 694 g/mol. The molecule has 3 atom stereocenters. The van der Waals surface area contributed by atoms with Crippen LogP contribution in [0.1, 0.15) is 67.5 Å². The Hall–Kier alpha value is -4.94. The zero-order chi connectivity index (χ0) is 35.3. The number of rotatable bonds is 6. The average Bonchev–Trinajstić information content (AvgIpc) is 3.82. The van der Waals surface area contributed by atoms with E-state index >= 15 is 0 Å². The number of halogens is 1. The molecule has 6 aromatic rings. The van der Waals surface area contributed by atoms with E-state index in [1.165, 1.54) is 0 Å². The first-order chi connectivity index (χ1) is 24.6. The predicted octanol–water partition coefficient (Wildman–Crippen LogP) is 10.3. The molecule has 8 rings (SSSR count). The van der Waals surface area contributed by atoms with E-state index in [4.69, 9.17) is 21.4 Å². The summed E-state index contributed by atoms with van der Waals surface area (Å²) in [5.41, 5.74) is 6.94. The highest BCUT2D eigenvalue weighted by molar-refractivity contribution is 6.32. The lowest BCUT2D eigenvalue weighted by Crippen LogP contribution is -2.38. The number of fused-ring (bicyclic) bond motifs is 2. The van der Waals surface area contributed by atoms with Gasteiger partial charge in [-0.15, -0.1) is 0 Å². The third-order valence-corrected chi connectivity index (χ3v) is 11.0. The number of aromatic nitrogens is 3. The fourth-order valence-corrected chi connectivity index (χ4v) is 8.87. The number of likely N-dealkylation sites (tertiary alicyclic amines) is 1. The third kappa shape index (κ3) is 5.99. The first-order valence-corrected chi connectivity index (χ1v) is 18.3. The second-order valence-electron chi connectivity index (χ2n) is 15.2. The van der Waals surface area contributed by atoms with Crippen molar-refractivity contribution in [2.45, 2.75) is 57.6 Å². The van der Waals surface area contributed by atoms with Gasteiger partial charge in [0.1, 0.15) is 16.8 Å². The molecule has 258 valence electrons. The topological polar surface area (TPSA) is 60.2 Å². The predicted molar refractivity (Wildman–Crippen MR) is 204 cm³/mol. The molecule has 1 aliphatic carbocycles. The fraction of sp³-hybridized carbons (Fsp3) is 0.295. The van der Waals surface area contributed by atoms with Gasteiger partial charge in [0, 0.05) is 41.0 Å². The molecule has 7 heteroatoms. The van der Waals surface area contributed by atoms with Gasteiger partial charge in [0.25, 0.3) is 0 Å². The SMILES string of the molecule is Cc1cc(-c2nn(C(c3ccccc3)(c3ccccc3)c3ccccc3)c3cc(Cl)c(C4C[C@@H]5CN(C(=O)OC(C)(C)C)C[C@@H]5C4)cc23)ccn1. The quantitative estimate of drug-likeness (QED) is 0.163. The zero-order valence-corrected chi connectivity index (χ0v) is 30.3. The van der Waals surface area contributed by atoms with E-state index in [9.17, 15) is 4.79 Å². The van der Waals surface area contributed by atoms with Crippen LogP contribution in [0.5, 0.6) is 0 Å². The van der Waals surface area contributed by atoms with E-state index in [0.29, 0.717) is 11.8 Å². The smallest absolute Gasteiger partial charge is 0.410 e. The van der Waals surface area contributed by atoms with Gasteiger partial charge in [-0.05, 0) is 105 Å². The van der Waals surface area contributed by atoms with Gasteiger partial charge in [-0.2, -0.15) is 5.10 Å². The summed E-state index contributed by atoms with van der Waals surface area (Å²) in [6.07, 6.45) is 3.61. The van der Waals surface area contributed by atoms with E-state index < -0.39 is 11.1 Å². The zero-order valence-electron chi connectivity index (χ0n) is 29.6. The van der Waals surface area contributed by atoms with Crippen LogP contribution in [0.25, 0.3) is 22.2 Å². The molecule has 0 bridgehead atoms. The van der Waals surface area contributed by atoms with Crippen molar-refractivity contribution >= 4 is 28.6 Å². The van der Waals surface area contributed by atoms with Crippen molar-refractivity contribution in [3.63, 3.8) is 0 Å². The molecule has 1 aliphatic heterocycles. The first-order valence-electron chi connectivity index (χ1n) is 17.9. The second kappa shape index (κ2) is 13.0. The molecule has 1 unspecified atom stereocenters. The third-order valence-electron chi connectivity index (χ3n) is 10.7. The lowest BCUT2D eigenvalue weighted by Gasteiger charge is -2.37. The minimum atomic E-state index is -0.803. The number of amides is 1. The molecule has 2 aliphatic rings. The van der Waals surface area contributed by atoms with Gasteiger partial charge in [-0.1, -0.05) is 103 Å². The Morgan fingerprint density at radius 1 is 0.784 bits per heavy atom. The Bertz CT molecular complexity index is 2080. The second-order valence-corrected chi connectivity index (χ2v) is 15.6. The van der Waals surface area contributed by atoms with Gasteiger partial charge in [-0.25, -0.2) is 9.48 Å². The summed E-state index contributed by atoms with van der Waals surface area (Å²) in [5.74, 6) is 1.12. The highest BCUT2D eigenvalue weighted by Crippen LogP contribution is 2.50. The van der Waals surface area contributed by atoms with Crippen LogP contribution < -0.4 is 0 Å². The van der Waals surface area contributed by atoms with Crippen molar-refractivity contribution in [3.05, 3.63) is 154 Å². The lowest BCUT2D eigenvalue weighted by molar-refractivity contribution is 0.0279. The molecule has 0 N–H and O–H groups in total. The Morgan fingerprint density at radius 3 is 1.84 bits per heavy atom. The molecular formula is C44H43ClN4O2. The Morgan fingerprint density at radius 2 is 1.33 bits per heavy atom. The molecule has 1 amide bonds. The van der Waals surface area contributed by atoms with E-state index in [1.807, 2.05) is 44.9 Å². The maximum absolute atomic E-state index is 12.9. The maximum Gasteiger partial charge on any atom is 0.410 e. The van der Waals surface area contributed by atoms with Crippen LogP contribution >= 0.6 is 11.6 Å². The summed E-state index contributed by atoms with van der Waals surface area (Å²) in [6.45, 7) is 9.23. The Kier molecular flexibility index (Phi) is 8.46. The Labute approximate surface area is 305 Å². The van der Waals surface area contributed by atoms with Crippen LogP contribution in [0, 0.1) is 18.8 Å². The highest BCUT2D eigenvalue weighted by Gasteiger charge is 2.45. The van der Waals surface area contributed by atoms with Crippen LogP contribution in [-0.4, -0.2) is 44.4 Å². The molecule has 6 nitrogen and oxygen atoms in total. The summed E-state index contributed by atoms with van der Waals surface area (Å²) < 4.78 is 7.91. The molecule has 1 saturated carbocycles. The van der Waals surface area contributed by atoms with E-state index in [-0.39, 0.29) is 12.0 Å². The summed E-state index contributed by atoms with van der Waals surface area (Å²) in [7, 11) is 0. The van der Waals surface area contributed by atoms with Crippen LogP contribution in [0.2, 0.25) is 5.02 Å². The van der Waals surface area contributed by atoms with Crippen molar-refractivity contribution in [2.75, 3.05) is 13.1 Å². The van der Waals surface area contributed by atoms with Gasteiger partial charge in [0.2, 0.25) is 0 Å². The van der Waals surface area contributed by atoms with Gasteiger partial charge in [-0.3, -0.25) is 4.98 Å². The summed E-state index contributed by atoms with van der Waals surface area (Å²) in [6, 6.07) is 40.5. The number of hydrogen-bond donors (Lipinski definition) is 0. The average molecular weight is 695 g/mol. The van der Waals surface area contributed by atoms with E-state index in [2.05, 4.69) is 119 Å². The van der Waals surface area contributed by atoms with Gasteiger partial charge in [0.15, 0.2) is 0 Å². The molecule has 3 heterocycles. The van der Waals surface area contributed by atoms with Gasteiger partial charge >= 0.3 is 6.09 Å².